The van der Waals surface area contributed by atoms with Gasteiger partial charge in [0.1, 0.15) is 0 Å². The molecule has 0 aliphatic rings. The quantitative estimate of drug-likeness (QED) is 0.784. The Kier molecular flexibility index (Phi) is 4.15. The molecule has 0 amide bonds. The summed E-state index contributed by atoms with van der Waals surface area (Å²) in [6, 6.07) is 3.57. The molecule has 0 spiro atoms. The highest BCUT2D eigenvalue weighted by atomic mass is 79.9. The maximum atomic E-state index is 12.7. The zero-order valence-electron chi connectivity index (χ0n) is 9.46. The molecule has 0 atom stereocenters. The topological polar surface area (TPSA) is 30.7 Å². The minimum atomic E-state index is -4.40. The molecular formula is C11H8BrClF3N3. The Balaban J connectivity index is 2.41. The highest BCUT2D eigenvalue weighted by Crippen LogP contribution is 2.32. The summed E-state index contributed by atoms with van der Waals surface area (Å²) in [6.07, 6.45) is -2.33. The van der Waals surface area contributed by atoms with E-state index in [-0.39, 0.29) is 5.69 Å². The van der Waals surface area contributed by atoms with Crippen LogP contribution in [0.25, 0.3) is 5.69 Å². The van der Waals surface area contributed by atoms with E-state index in [1.165, 1.54) is 10.7 Å². The molecule has 1 heterocycles. The summed E-state index contributed by atoms with van der Waals surface area (Å²) in [6.45, 7) is 0. The molecule has 0 radical (unpaired) electrons. The molecule has 19 heavy (non-hydrogen) atoms. The summed E-state index contributed by atoms with van der Waals surface area (Å²) < 4.78 is 39.7. The molecule has 102 valence electrons. The highest BCUT2D eigenvalue weighted by Gasteiger charge is 2.31. The van der Waals surface area contributed by atoms with Gasteiger partial charge in [-0.05, 0) is 18.2 Å². The lowest BCUT2D eigenvalue weighted by Gasteiger charge is -2.09. The first kappa shape index (κ1) is 14.3. The second-order valence-corrected chi connectivity index (χ2v) is 5.08. The largest absolute Gasteiger partial charge is 0.416 e. The van der Waals surface area contributed by atoms with Crippen molar-refractivity contribution in [1.82, 2.24) is 15.0 Å². The fourth-order valence-corrected chi connectivity index (χ4v) is 2.18. The van der Waals surface area contributed by atoms with E-state index in [0.717, 1.165) is 12.1 Å². The van der Waals surface area contributed by atoms with Gasteiger partial charge in [-0.1, -0.05) is 21.1 Å². The Morgan fingerprint density at radius 3 is 2.63 bits per heavy atom. The molecular weight excluding hydrogens is 346 g/mol. The lowest BCUT2D eigenvalue weighted by molar-refractivity contribution is -0.137. The van der Waals surface area contributed by atoms with Crippen molar-refractivity contribution in [3.63, 3.8) is 0 Å². The van der Waals surface area contributed by atoms with Crippen molar-refractivity contribution in [1.29, 1.82) is 0 Å². The van der Waals surface area contributed by atoms with Gasteiger partial charge < -0.3 is 0 Å². The molecule has 0 aliphatic carbocycles. The summed E-state index contributed by atoms with van der Waals surface area (Å²) in [5.74, 6) is 0.380. The van der Waals surface area contributed by atoms with Crippen molar-refractivity contribution < 1.29 is 13.2 Å². The number of hydrogen-bond donors (Lipinski definition) is 0. The van der Waals surface area contributed by atoms with Crippen LogP contribution in [0.4, 0.5) is 13.2 Å². The molecule has 2 aromatic rings. The monoisotopic (exact) mass is 353 g/mol. The lowest BCUT2D eigenvalue weighted by Crippen LogP contribution is -2.06. The zero-order chi connectivity index (χ0) is 14.0. The Labute approximate surface area is 120 Å². The third kappa shape index (κ3) is 3.48. The normalized spacial score (nSPS) is 11.8. The molecule has 0 saturated heterocycles. The number of benzene rings is 1. The minimum Gasteiger partial charge on any atom is -0.220 e. The summed E-state index contributed by atoms with van der Waals surface area (Å²) in [4.78, 5) is 0. The third-order valence-electron chi connectivity index (χ3n) is 2.37. The maximum Gasteiger partial charge on any atom is 0.416 e. The molecule has 1 aromatic carbocycles. The molecule has 0 N–H and O–H groups in total. The van der Waals surface area contributed by atoms with Crippen LogP contribution in [0.2, 0.25) is 0 Å². The van der Waals surface area contributed by atoms with Gasteiger partial charge in [-0.2, -0.15) is 13.2 Å². The number of alkyl halides is 4. The Morgan fingerprint density at radius 1 is 1.26 bits per heavy atom. The van der Waals surface area contributed by atoms with Crippen molar-refractivity contribution in [2.75, 3.05) is 5.88 Å². The summed E-state index contributed by atoms with van der Waals surface area (Å²) >= 11 is 8.63. The van der Waals surface area contributed by atoms with E-state index in [1.807, 2.05) is 0 Å². The van der Waals surface area contributed by atoms with Crippen molar-refractivity contribution in [2.45, 2.75) is 12.6 Å². The average Bonchev–Trinajstić information content (AvgIpc) is 2.76. The number of rotatable bonds is 3. The number of aryl methyl sites for hydroxylation is 1. The number of halogens is 5. The van der Waals surface area contributed by atoms with Crippen LogP contribution in [-0.2, 0) is 12.6 Å². The number of aromatic nitrogens is 3. The first-order valence-corrected chi connectivity index (χ1v) is 6.58. The second kappa shape index (κ2) is 5.50. The lowest BCUT2D eigenvalue weighted by atomic mass is 10.2. The smallest absolute Gasteiger partial charge is 0.220 e. The van der Waals surface area contributed by atoms with Gasteiger partial charge in [0.05, 0.1) is 23.1 Å². The van der Waals surface area contributed by atoms with Gasteiger partial charge in [0, 0.05) is 16.8 Å². The van der Waals surface area contributed by atoms with Gasteiger partial charge in [0.15, 0.2) is 0 Å². The van der Waals surface area contributed by atoms with Crippen molar-refractivity contribution in [3.05, 3.63) is 40.1 Å². The SMILES string of the molecule is FC(F)(F)c1cc(Br)cc(-n2cc(CCCl)nn2)c1. The predicted molar refractivity (Wildman–Crippen MR) is 68.5 cm³/mol. The Bertz CT molecular complexity index is 583. The van der Waals surface area contributed by atoms with Gasteiger partial charge in [-0.25, -0.2) is 4.68 Å². The molecule has 3 nitrogen and oxygen atoms in total. The third-order valence-corrected chi connectivity index (χ3v) is 3.01. The van der Waals surface area contributed by atoms with E-state index >= 15 is 0 Å². The van der Waals surface area contributed by atoms with Gasteiger partial charge in [-0.15, -0.1) is 16.7 Å². The molecule has 2 rings (SSSR count). The van der Waals surface area contributed by atoms with E-state index in [9.17, 15) is 13.2 Å². The number of hydrogen-bond acceptors (Lipinski definition) is 2. The van der Waals surface area contributed by atoms with E-state index in [0.29, 0.717) is 22.5 Å². The average molecular weight is 355 g/mol. The van der Waals surface area contributed by atoms with Gasteiger partial charge in [0.2, 0.25) is 0 Å². The molecule has 0 fully saturated rings. The summed E-state index contributed by atoms with van der Waals surface area (Å²) in [5, 5.41) is 7.62. The van der Waals surface area contributed by atoms with E-state index < -0.39 is 11.7 Å². The second-order valence-electron chi connectivity index (χ2n) is 3.79. The first-order valence-electron chi connectivity index (χ1n) is 5.25. The fourth-order valence-electron chi connectivity index (χ4n) is 1.51. The van der Waals surface area contributed by atoms with Gasteiger partial charge in [0.25, 0.3) is 0 Å². The van der Waals surface area contributed by atoms with Crippen LogP contribution in [0.5, 0.6) is 0 Å². The number of nitrogens with zero attached hydrogens (tertiary/aromatic N) is 3. The van der Waals surface area contributed by atoms with E-state index in [1.54, 1.807) is 6.20 Å². The highest BCUT2D eigenvalue weighted by molar-refractivity contribution is 9.10. The molecule has 0 bridgehead atoms. The summed E-state index contributed by atoms with van der Waals surface area (Å²) in [5.41, 5.74) is 0.171. The van der Waals surface area contributed by atoms with Gasteiger partial charge >= 0.3 is 6.18 Å². The first-order chi connectivity index (χ1) is 8.90. The van der Waals surface area contributed by atoms with Crippen LogP contribution in [0, 0.1) is 0 Å². The molecule has 1 aromatic heterocycles. The summed E-state index contributed by atoms with van der Waals surface area (Å²) in [7, 11) is 0. The standard InChI is InChI=1S/C11H8BrClF3N3/c12-8-3-7(11(14,15)16)4-10(5-8)19-6-9(1-2-13)17-18-19/h3-6H,1-2H2. The minimum absolute atomic E-state index is 0.287. The van der Waals surface area contributed by atoms with Gasteiger partial charge in [-0.3, -0.25) is 0 Å². The van der Waals surface area contributed by atoms with Crippen LogP contribution >= 0.6 is 27.5 Å². The van der Waals surface area contributed by atoms with Crippen LogP contribution < -0.4 is 0 Å². The van der Waals surface area contributed by atoms with Crippen LogP contribution in [0.15, 0.2) is 28.9 Å². The van der Waals surface area contributed by atoms with E-state index in [4.69, 9.17) is 11.6 Å². The molecule has 0 saturated carbocycles. The van der Waals surface area contributed by atoms with Crippen LogP contribution in [0.1, 0.15) is 11.3 Å². The Morgan fingerprint density at radius 2 is 2.00 bits per heavy atom. The van der Waals surface area contributed by atoms with Crippen LogP contribution in [-0.4, -0.2) is 20.9 Å². The van der Waals surface area contributed by atoms with Crippen molar-refractivity contribution >= 4 is 27.5 Å². The van der Waals surface area contributed by atoms with Crippen molar-refractivity contribution in [2.24, 2.45) is 0 Å². The molecule has 0 unspecified atom stereocenters. The van der Waals surface area contributed by atoms with Crippen LogP contribution in [0.3, 0.4) is 0 Å². The maximum absolute atomic E-state index is 12.7. The molecule has 0 aliphatic heterocycles. The predicted octanol–water partition coefficient (Wildman–Crippen LogP) is 3.83. The fraction of sp³-hybridized carbons (Fsp3) is 0.273. The Hall–Kier alpha value is -1.08. The van der Waals surface area contributed by atoms with E-state index in [2.05, 4.69) is 26.2 Å². The zero-order valence-corrected chi connectivity index (χ0v) is 11.8. The molecule has 8 heteroatoms. The van der Waals surface area contributed by atoms with Crippen molar-refractivity contribution in [3.8, 4) is 5.69 Å².